The predicted molar refractivity (Wildman–Crippen MR) is 88.3 cm³/mol. The van der Waals surface area contributed by atoms with Gasteiger partial charge in [0.15, 0.2) is 5.11 Å². The van der Waals surface area contributed by atoms with Gasteiger partial charge in [-0.3, -0.25) is 25.1 Å². The van der Waals surface area contributed by atoms with E-state index in [2.05, 4.69) is 10.2 Å². The molecule has 1 aromatic carbocycles. The van der Waals surface area contributed by atoms with Gasteiger partial charge in [-0.2, -0.15) is 0 Å². The number of nitrogens with zero attached hydrogens (tertiary/aromatic N) is 3. The monoisotopic (exact) mass is 338 g/mol. The molecule has 0 unspecified atom stereocenters. The molecule has 1 amide bonds. The molecule has 0 aromatic heterocycles. The van der Waals surface area contributed by atoms with Gasteiger partial charge in [0.25, 0.3) is 11.6 Å². The number of hydrogen-bond acceptors (Lipinski definition) is 6. The van der Waals surface area contributed by atoms with Gasteiger partial charge in [-0.1, -0.05) is 0 Å². The van der Waals surface area contributed by atoms with Crippen LogP contribution in [0.2, 0.25) is 0 Å². The van der Waals surface area contributed by atoms with E-state index in [1.54, 1.807) is 0 Å². The van der Waals surface area contributed by atoms with E-state index < -0.39 is 4.92 Å². The average Bonchev–Trinajstić information content (AvgIpc) is 2.55. The van der Waals surface area contributed by atoms with E-state index in [4.69, 9.17) is 17.3 Å². The molecule has 0 saturated carbocycles. The molecule has 0 atom stereocenters. The third-order valence-electron chi connectivity index (χ3n) is 3.64. The fourth-order valence-electron chi connectivity index (χ4n) is 2.30. The summed E-state index contributed by atoms with van der Waals surface area (Å²) in [4.78, 5) is 26.2. The molecule has 1 heterocycles. The number of amides is 1. The highest BCUT2D eigenvalue weighted by Gasteiger charge is 2.20. The van der Waals surface area contributed by atoms with E-state index in [1.807, 2.05) is 4.90 Å². The van der Waals surface area contributed by atoms with Crippen molar-refractivity contribution < 1.29 is 14.8 Å². The summed E-state index contributed by atoms with van der Waals surface area (Å²) in [6.45, 7) is 3.66. The molecular weight excluding hydrogens is 320 g/mol. The highest BCUT2D eigenvalue weighted by atomic mass is 32.1. The number of nitro groups is 1. The summed E-state index contributed by atoms with van der Waals surface area (Å²) in [5.41, 5.74) is 0.251. The lowest BCUT2D eigenvalue weighted by molar-refractivity contribution is -0.384. The summed E-state index contributed by atoms with van der Waals surface area (Å²) in [6.07, 6.45) is 0. The zero-order valence-electron chi connectivity index (χ0n) is 12.5. The molecule has 1 aromatic rings. The molecule has 0 bridgehead atoms. The molecule has 1 aliphatic heterocycles. The number of nitro benzene ring substituents is 1. The Labute approximate surface area is 138 Å². The fraction of sp³-hybridized carbons (Fsp3) is 0.429. The second-order valence-corrected chi connectivity index (χ2v) is 5.50. The van der Waals surface area contributed by atoms with E-state index in [-0.39, 0.29) is 18.2 Å². The van der Waals surface area contributed by atoms with Crippen LogP contribution in [0.5, 0.6) is 0 Å². The molecule has 9 heteroatoms. The SMILES string of the molecule is O=C(NC(=S)N1CCN(CCO)CC1)c1ccc([N+](=O)[O-])cc1. The zero-order valence-corrected chi connectivity index (χ0v) is 13.3. The standard InChI is InChI=1S/C14H18N4O4S/c19-10-9-16-5-7-17(8-6-16)14(23)15-13(20)11-1-3-12(4-2-11)18(21)22/h1-4,19H,5-10H2,(H,15,20,23). The summed E-state index contributed by atoms with van der Waals surface area (Å²) >= 11 is 5.24. The first-order valence-electron chi connectivity index (χ1n) is 7.19. The summed E-state index contributed by atoms with van der Waals surface area (Å²) in [7, 11) is 0. The van der Waals surface area contributed by atoms with Crippen LogP contribution in [0.3, 0.4) is 0 Å². The van der Waals surface area contributed by atoms with Crippen LogP contribution in [-0.2, 0) is 0 Å². The topological polar surface area (TPSA) is 99.0 Å². The lowest BCUT2D eigenvalue weighted by Crippen LogP contribution is -2.53. The van der Waals surface area contributed by atoms with Gasteiger partial charge in [-0.25, -0.2) is 0 Å². The molecule has 0 radical (unpaired) electrons. The van der Waals surface area contributed by atoms with Crippen molar-refractivity contribution in [2.45, 2.75) is 0 Å². The van der Waals surface area contributed by atoms with Crippen LogP contribution in [0, 0.1) is 10.1 Å². The van der Waals surface area contributed by atoms with Crippen LogP contribution in [-0.4, -0.2) is 70.2 Å². The van der Waals surface area contributed by atoms with Crippen LogP contribution in [0.25, 0.3) is 0 Å². The molecule has 2 N–H and O–H groups in total. The van der Waals surface area contributed by atoms with E-state index in [9.17, 15) is 14.9 Å². The van der Waals surface area contributed by atoms with Crippen molar-refractivity contribution in [3.8, 4) is 0 Å². The largest absolute Gasteiger partial charge is 0.395 e. The average molecular weight is 338 g/mol. The molecule has 1 aliphatic rings. The number of aliphatic hydroxyl groups excluding tert-OH is 1. The van der Waals surface area contributed by atoms with Crippen LogP contribution in [0.15, 0.2) is 24.3 Å². The Bertz CT molecular complexity index is 585. The highest BCUT2D eigenvalue weighted by Crippen LogP contribution is 2.12. The molecular formula is C14H18N4O4S. The Kier molecular flexibility index (Phi) is 5.97. The molecule has 23 heavy (non-hydrogen) atoms. The van der Waals surface area contributed by atoms with Crippen molar-refractivity contribution in [3.63, 3.8) is 0 Å². The van der Waals surface area contributed by atoms with Crippen molar-refractivity contribution >= 4 is 28.9 Å². The second-order valence-electron chi connectivity index (χ2n) is 5.12. The summed E-state index contributed by atoms with van der Waals surface area (Å²) in [5, 5.41) is 22.5. The van der Waals surface area contributed by atoms with E-state index in [1.165, 1.54) is 24.3 Å². The smallest absolute Gasteiger partial charge is 0.269 e. The zero-order chi connectivity index (χ0) is 16.8. The first-order valence-corrected chi connectivity index (χ1v) is 7.60. The lowest BCUT2D eigenvalue weighted by atomic mass is 10.2. The van der Waals surface area contributed by atoms with E-state index in [0.29, 0.717) is 30.3 Å². The summed E-state index contributed by atoms with van der Waals surface area (Å²) < 4.78 is 0. The Balaban J connectivity index is 1.87. The van der Waals surface area contributed by atoms with Gasteiger partial charge in [0, 0.05) is 50.4 Å². The molecule has 124 valence electrons. The van der Waals surface area contributed by atoms with Gasteiger partial charge >= 0.3 is 0 Å². The van der Waals surface area contributed by atoms with Gasteiger partial charge in [-0.05, 0) is 24.4 Å². The third-order valence-corrected chi connectivity index (χ3v) is 4.00. The van der Waals surface area contributed by atoms with Crippen molar-refractivity contribution in [3.05, 3.63) is 39.9 Å². The number of piperazine rings is 1. The van der Waals surface area contributed by atoms with Crippen LogP contribution < -0.4 is 5.32 Å². The normalized spacial score (nSPS) is 15.3. The van der Waals surface area contributed by atoms with Gasteiger partial charge in [0.1, 0.15) is 0 Å². The number of rotatable bonds is 4. The van der Waals surface area contributed by atoms with Crippen molar-refractivity contribution in [1.29, 1.82) is 0 Å². The maximum atomic E-state index is 12.1. The fourth-order valence-corrected chi connectivity index (χ4v) is 2.57. The third kappa shape index (κ3) is 4.68. The minimum atomic E-state index is -0.516. The second kappa shape index (κ2) is 7.95. The Morgan fingerprint density at radius 1 is 1.26 bits per heavy atom. The number of β-amino-alcohol motifs (C(OH)–C–C–N with tert-alkyl or cyclic N) is 1. The summed E-state index contributed by atoms with van der Waals surface area (Å²) in [6, 6.07) is 5.36. The van der Waals surface area contributed by atoms with Gasteiger partial charge in [-0.15, -0.1) is 0 Å². The quantitative estimate of drug-likeness (QED) is 0.460. The maximum absolute atomic E-state index is 12.1. The van der Waals surface area contributed by atoms with Gasteiger partial charge in [0.2, 0.25) is 0 Å². The lowest BCUT2D eigenvalue weighted by Gasteiger charge is -2.35. The number of hydrogen-bond donors (Lipinski definition) is 2. The molecule has 0 spiro atoms. The van der Waals surface area contributed by atoms with Crippen LogP contribution in [0.1, 0.15) is 10.4 Å². The van der Waals surface area contributed by atoms with Crippen molar-refractivity contribution in [2.24, 2.45) is 0 Å². The van der Waals surface area contributed by atoms with Crippen molar-refractivity contribution in [2.75, 3.05) is 39.3 Å². The minimum Gasteiger partial charge on any atom is -0.395 e. The number of non-ortho nitro benzene ring substituents is 1. The summed E-state index contributed by atoms with van der Waals surface area (Å²) in [5.74, 6) is -0.386. The number of carbonyl (C=O) groups excluding carboxylic acids is 1. The maximum Gasteiger partial charge on any atom is 0.269 e. The van der Waals surface area contributed by atoms with Gasteiger partial charge in [0.05, 0.1) is 11.5 Å². The van der Waals surface area contributed by atoms with Crippen LogP contribution in [0.4, 0.5) is 5.69 Å². The minimum absolute atomic E-state index is 0.0656. The number of benzene rings is 1. The molecule has 2 rings (SSSR count). The number of carbonyl (C=O) groups is 1. The number of thiocarbonyl (C=S) groups is 1. The Hall–Kier alpha value is -2.10. The van der Waals surface area contributed by atoms with E-state index >= 15 is 0 Å². The predicted octanol–water partition coefficient (Wildman–Crippen LogP) is 0.219. The first kappa shape index (κ1) is 17.3. The Morgan fingerprint density at radius 3 is 2.39 bits per heavy atom. The van der Waals surface area contributed by atoms with Crippen molar-refractivity contribution in [1.82, 2.24) is 15.1 Å². The molecule has 8 nitrogen and oxygen atoms in total. The van der Waals surface area contributed by atoms with Gasteiger partial charge < -0.3 is 10.0 Å². The highest BCUT2D eigenvalue weighted by molar-refractivity contribution is 7.80. The number of aliphatic hydroxyl groups is 1. The Morgan fingerprint density at radius 2 is 1.87 bits per heavy atom. The van der Waals surface area contributed by atoms with E-state index in [0.717, 1.165) is 13.1 Å². The first-order chi connectivity index (χ1) is 11.0. The molecule has 0 aliphatic carbocycles. The molecule has 1 saturated heterocycles. The number of nitrogens with one attached hydrogen (secondary N) is 1. The van der Waals surface area contributed by atoms with Crippen LogP contribution >= 0.6 is 12.2 Å². The molecule has 1 fully saturated rings.